The van der Waals surface area contributed by atoms with E-state index in [1.54, 1.807) is 4.68 Å². The third kappa shape index (κ3) is 3.93. The Morgan fingerprint density at radius 2 is 2.00 bits per heavy atom. The maximum atomic E-state index is 14.4. The molecule has 1 fully saturated rings. The molecule has 10 heteroatoms. The van der Waals surface area contributed by atoms with Crippen LogP contribution >= 0.6 is 0 Å². The van der Waals surface area contributed by atoms with Crippen LogP contribution in [0.5, 0.6) is 0 Å². The number of rotatable bonds is 6. The monoisotopic (exact) mass is 475 g/mol. The summed E-state index contributed by atoms with van der Waals surface area (Å²) in [5, 5.41) is 13.9. The fourth-order valence-electron chi connectivity index (χ4n) is 5.13. The lowest BCUT2D eigenvalue weighted by Gasteiger charge is -2.31. The zero-order valence-corrected chi connectivity index (χ0v) is 19.1. The molecule has 2 atom stereocenters. The van der Waals surface area contributed by atoms with E-state index in [-0.39, 0.29) is 31.5 Å². The van der Waals surface area contributed by atoms with Gasteiger partial charge in [0.2, 0.25) is 0 Å². The van der Waals surface area contributed by atoms with Crippen molar-refractivity contribution in [1.82, 2.24) is 25.1 Å². The molecule has 4 heterocycles. The maximum absolute atomic E-state index is 14.4. The number of carbonyl (C=O) groups is 1. The summed E-state index contributed by atoms with van der Waals surface area (Å²) >= 11 is 0. The Morgan fingerprint density at radius 1 is 1.17 bits per heavy atom. The van der Waals surface area contributed by atoms with Crippen LogP contribution in [0, 0.1) is 5.82 Å². The molecule has 2 aromatic carbocycles. The SMILES string of the molecule is O=C1CN=C2c3c(cc(F)cc31)NNC(c1ccc(CN3CCC3)cc1)C2c1ncnn1CCO. The largest absolute Gasteiger partial charge is 0.394 e. The lowest BCUT2D eigenvalue weighted by molar-refractivity contribution is 0.0999. The number of ketones is 1. The number of aliphatic imine (C=N–C) groups is 1. The molecule has 35 heavy (non-hydrogen) atoms. The summed E-state index contributed by atoms with van der Waals surface area (Å²) in [6, 6.07) is 10.7. The van der Waals surface area contributed by atoms with Crippen molar-refractivity contribution in [2.24, 2.45) is 4.99 Å². The van der Waals surface area contributed by atoms with Gasteiger partial charge in [0.05, 0.1) is 36.5 Å². The fourth-order valence-corrected chi connectivity index (χ4v) is 5.13. The highest BCUT2D eigenvalue weighted by Gasteiger charge is 2.40. The Bertz CT molecular complexity index is 1300. The zero-order chi connectivity index (χ0) is 23.9. The normalized spacial score (nSPS) is 21.5. The van der Waals surface area contributed by atoms with Gasteiger partial charge in [-0.2, -0.15) is 5.10 Å². The summed E-state index contributed by atoms with van der Waals surface area (Å²) < 4.78 is 16.1. The molecule has 3 aliphatic rings. The van der Waals surface area contributed by atoms with Crippen LogP contribution in [0.1, 0.15) is 51.3 Å². The van der Waals surface area contributed by atoms with Crippen molar-refractivity contribution in [3.8, 4) is 0 Å². The maximum Gasteiger partial charge on any atom is 0.185 e. The molecule has 0 amide bonds. The number of carbonyl (C=O) groups excluding carboxylic acids is 1. The van der Waals surface area contributed by atoms with Gasteiger partial charge in [-0.1, -0.05) is 24.3 Å². The molecule has 1 saturated heterocycles. The van der Waals surface area contributed by atoms with E-state index in [0.29, 0.717) is 28.4 Å². The van der Waals surface area contributed by atoms with Gasteiger partial charge in [-0.3, -0.25) is 14.7 Å². The standard InChI is InChI=1S/C25H26FN7O2/c26-17-10-18-20(35)12-27-24-21(18)19(11-17)30-31-23(22(24)25-28-14-29-33(25)8-9-34)16-4-2-15(3-5-16)13-32-6-1-7-32/h2-5,10-11,14,22-23,30-31,34H,1,6-9,12-13H2. The second kappa shape index (κ2) is 8.95. The zero-order valence-electron chi connectivity index (χ0n) is 19.1. The van der Waals surface area contributed by atoms with Crippen LogP contribution in [0.25, 0.3) is 0 Å². The Labute approximate surface area is 201 Å². The van der Waals surface area contributed by atoms with Crippen molar-refractivity contribution in [2.45, 2.75) is 31.5 Å². The predicted molar refractivity (Wildman–Crippen MR) is 128 cm³/mol. The third-order valence-corrected chi connectivity index (χ3v) is 6.97. The molecule has 3 N–H and O–H groups in total. The number of nitrogens with one attached hydrogen (secondary N) is 2. The highest BCUT2D eigenvalue weighted by atomic mass is 19.1. The summed E-state index contributed by atoms with van der Waals surface area (Å²) in [5.41, 5.74) is 10.7. The van der Waals surface area contributed by atoms with Gasteiger partial charge in [0.1, 0.15) is 24.5 Å². The topological polar surface area (TPSA) is 108 Å². The Kier molecular flexibility index (Phi) is 5.63. The third-order valence-electron chi connectivity index (χ3n) is 6.97. The molecule has 0 aliphatic carbocycles. The first-order chi connectivity index (χ1) is 17.1. The number of benzene rings is 2. The number of likely N-dealkylation sites (tertiary alicyclic amines) is 1. The average molecular weight is 476 g/mol. The van der Waals surface area contributed by atoms with Crippen molar-refractivity contribution in [1.29, 1.82) is 0 Å². The average Bonchev–Trinajstić information content (AvgIpc) is 3.21. The molecular weight excluding hydrogens is 449 g/mol. The Balaban J connectivity index is 1.46. The molecule has 180 valence electrons. The van der Waals surface area contributed by atoms with Crippen molar-refractivity contribution < 1.29 is 14.3 Å². The van der Waals surface area contributed by atoms with E-state index in [1.165, 1.54) is 30.4 Å². The van der Waals surface area contributed by atoms with Crippen LogP contribution in [-0.2, 0) is 13.1 Å². The molecular formula is C25H26FN7O2. The highest BCUT2D eigenvalue weighted by Crippen LogP contribution is 2.40. The van der Waals surface area contributed by atoms with Gasteiger partial charge in [0.25, 0.3) is 0 Å². The molecule has 6 rings (SSSR count). The predicted octanol–water partition coefficient (Wildman–Crippen LogP) is 2.06. The first-order valence-electron chi connectivity index (χ1n) is 11.8. The number of hydrogen-bond donors (Lipinski definition) is 3. The van der Waals surface area contributed by atoms with Gasteiger partial charge >= 0.3 is 0 Å². The summed E-state index contributed by atoms with van der Waals surface area (Å²) in [6.07, 6.45) is 2.71. The number of aliphatic hydroxyl groups is 1. The van der Waals surface area contributed by atoms with Crippen LogP contribution in [-0.4, -0.2) is 62.5 Å². The minimum Gasteiger partial charge on any atom is -0.394 e. The lowest BCUT2D eigenvalue weighted by atomic mass is 9.82. The van der Waals surface area contributed by atoms with Crippen LogP contribution in [0.3, 0.4) is 0 Å². The van der Waals surface area contributed by atoms with E-state index in [2.05, 4.69) is 55.1 Å². The number of nitrogens with zero attached hydrogens (tertiary/aromatic N) is 5. The molecule has 2 unspecified atom stereocenters. The van der Waals surface area contributed by atoms with Gasteiger partial charge in [-0.15, -0.1) is 0 Å². The number of halogens is 1. The Morgan fingerprint density at radius 3 is 2.74 bits per heavy atom. The first kappa shape index (κ1) is 22.0. The van der Waals surface area contributed by atoms with Crippen molar-refractivity contribution >= 4 is 17.2 Å². The first-order valence-corrected chi connectivity index (χ1v) is 11.8. The minimum atomic E-state index is -0.489. The van der Waals surface area contributed by atoms with Gasteiger partial charge in [-0.25, -0.2) is 19.5 Å². The van der Waals surface area contributed by atoms with Gasteiger partial charge < -0.3 is 10.5 Å². The van der Waals surface area contributed by atoms with E-state index in [0.717, 1.165) is 25.2 Å². The van der Waals surface area contributed by atoms with Gasteiger partial charge in [-0.05, 0) is 42.8 Å². The van der Waals surface area contributed by atoms with Crippen LogP contribution in [0.15, 0.2) is 47.7 Å². The molecule has 1 aromatic heterocycles. The van der Waals surface area contributed by atoms with Crippen molar-refractivity contribution in [3.63, 3.8) is 0 Å². The van der Waals surface area contributed by atoms with Gasteiger partial charge in [0.15, 0.2) is 5.78 Å². The number of hydrogen-bond acceptors (Lipinski definition) is 8. The lowest BCUT2D eigenvalue weighted by Crippen LogP contribution is -2.36. The van der Waals surface area contributed by atoms with Crippen LogP contribution in [0.2, 0.25) is 0 Å². The second-order valence-corrected chi connectivity index (χ2v) is 9.16. The second-order valence-electron chi connectivity index (χ2n) is 9.16. The molecule has 0 bridgehead atoms. The molecule has 0 spiro atoms. The van der Waals surface area contributed by atoms with Crippen molar-refractivity contribution in [2.75, 3.05) is 31.7 Å². The van der Waals surface area contributed by atoms with Gasteiger partial charge in [0, 0.05) is 17.7 Å². The smallest absolute Gasteiger partial charge is 0.185 e. The number of Topliss-reactive ketones (excluding diaryl/α,β-unsaturated/α-hetero) is 1. The number of hydrazine groups is 1. The van der Waals surface area contributed by atoms with E-state index >= 15 is 0 Å². The highest BCUT2D eigenvalue weighted by molar-refractivity contribution is 6.20. The summed E-state index contributed by atoms with van der Waals surface area (Å²) in [7, 11) is 0. The summed E-state index contributed by atoms with van der Waals surface area (Å²) in [4.78, 5) is 24.3. The molecule has 0 radical (unpaired) electrons. The van der Waals surface area contributed by atoms with Crippen molar-refractivity contribution in [3.05, 3.63) is 76.6 Å². The van der Waals surface area contributed by atoms with E-state index in [1.807, 2.05) is 0 Å². The molecule has 0 saturated carbocycles. The van der Waals surface area contributed by atoms with Crippen LogP contribution in [0.4, 0.5) is 10.1 Å². The fraction of sp³-hybridized carbons (Fsp3) is 0.360. The molecule has 3 aromatic rings. The quantitative estimate of drug-likeness (QED) is 0.501. The summed E-state index contributed by atoms with van der Waals surface area (Å²) in [6.45, 7) is 3.31. The van der Waals surface area contributed by atoms with E-state index in [9.17, 15) is 14.3 Å². The Hall–Kier alpha value is -3.47. The minimum absolute atomic E-state index is 0.0582. The molecule has 9 nitrogen and oxygen atoms in total. The van der Waals surface area contributed by atoms with E-state index < -0.39 is 11.7 Å². The number of anilines is 1. The van der Waals surface area contributed by atoms with E-state index in [4.69, 9.17) is 0 Å². The number of aliphatic hydroxyl groups excluding tert-OH is 1. The molecule has 3 aliphatic heterocycles. The summed E-state index contributed by atoms with van der Waals surface area (Å²) in [5.74, 6) is -0.539. The van der Waals surface area contributed by atoms with Crippen LogP contribution < -0.4 is 10.9 Å². The number of aromatic nitrogens is 3.